The van der Waals surface area contributed by atoms with Crippen LogP contribution in [-0.4, -0.2) is 48.4 Å². The van der Waals surface area contributed by atoms with Crippen molar-refractivity contribution in [2.24, 2.45) is 0 Å². The van der Waals surface area contributed by atoms with Gasteiger partial charge in [0.05, 0.1) is 6.61 Å². The van der Waals surface area contributed by atoms with E-state index in [1.165, 1.54) is 11.8 Å². The van der Waals surface area contributed by atoms with Crippen LogP contribution in [-0.2, 0) is 19.1 Å². The van der Waals surface area contributed by atoms with Crippen molar-refractivity contribution in [3.8, 4) is 0 Å². The summed E-state index contributed by atoms with van der Waals surface area (Å²) >= 11 is 0. The van der Waals surface area contributed by atoms with Gasteiger partial charge in [0.15, 0.2) is 0 Å². The molecule has 134 valence electrons. The minimum atomic E-state index is -0.871. The number of nitrogens with zero attached hydrogens (tertiary/aromatic N) is 2. The first-order chi connectivity index (χ1) is 11.8. The fourth-order valence-corrected chi connectivity index (χ4v) is 2.48. The topological polar surface area (TPSA) is 96.0 Å². The second-order valence-corrected chi connectivity index (χ2v) is 5.63. The molecule has 0 spiro atoms. The normalized spacial score (nSPS) is 15.1. The number of likely N-dealkylation sites (tertiary alicyclic amines) is 1. The average molecular weight is 347 g/mol. The lowest BCUT2D eigenvalue weighted by Gasteiger charge is -2.22. The van der Waals surface area contributed by atoms with Gasteiger partial charge >= 0.3 is 6.09 Å². The summed E-state index contributed by atoms with van der Waals surface area (Å²) in [6.07, 6.45) is -0.185. The molecule has 1 aliphatic rings. The van der Waals surface area contributed by atoms with E-state index in [4.69, 9.17) is 4.74 Å². The molecule has 0 radical (unpaired) electrons. The minimum absolute atomic E-state index is 0.144. The van der Waals surface area contributed by atoms with Gasteiger partial charge in [-0.15, -0.1) is 0 Å². The summed E-state index contributed by atoms with van der Waals surface area (Å²) in [5, 5.41) is 2.66. The van der Waals surface area contributed by atoms with Crippen LogP contribution in [0.2, 0.25) is 0 Å². The Morgan fingerprint density at radius 3 is 2.28 bits per heavy atom. The lowest BCUT2D eigenvalue weighted by Crippen LogP contribution is -2.44. The third-order valence-corrected chi connectivity index (χ3v) is 3.92. The van der Waals surface area contributed by atoms with Crippen LogP contribution in [0.4, 0.5) is 16.2 Å². The van der Waals surface area contributed by atoms with E-state index < -0.39 is 18.0 Å². The molecule has 1 N–H and O–H groups in total. The predicted molar refractivity (Wildman–Crippen MR) is 91.0 cm³/mol. The Hall–Kier alpha value is -2.90. The van der Waals surface area contributed by atoms with Crippen LogP contribution in [0, 0.1) is 0 Å². The first-order valence-electron chi connectivity index (χ1n) is 8.01. The largest absolute Gasteiger partial charge is 0.449 e. The van der Waals surface area contributed by atoms with Crippen LogP contribution in [0.5, 0.6) is 0 Å². The first kappa shape index (κ1) is 18.4. The molecule has 8 heteroatoms. The molecule has 1 atom stereocenters. The Morgan fingerprint density at radius 2 is 1.76 bits per heavy atom. The standard InChI is InChI=1S/C17H21N3O5/c1-4-25-17(24)19(3)13-7-5-12(6-8-13)18-16(23)11(2)20-14(21)9-10-15(20)22/h5-8,11H,4,9-10H2,1-3H3,(H,18,23). The number of benzene rings is 1. The van der Waals surface area contributed by atoms with Crippen molar-refractivity contribution in [1.29, 1.82) is 0 Å². The highest BCUT2D eigenvalue weighted by atomic mass is 16.6. The lowest BCUT2D eigenvalue weighted by molar-refractivity contribution is -0.144. The fraction of sp³-hybridized carbons (Fsp3) is 0.412. The maximum Gasteiger partial charge on any atom is 0.413 e. The average Bonchev–Trinajstić information content (AvgIpc) is 2.93. The highest BCUT2D eigenvalue weighted by molar-refractivity contribution is 6.07. The minimum Gasteiger partial charge on any atom is -0.449 e. The van der Waals surface area contributed by atoms with Gasteiger partial charge in [0.25, 0.3) is 0 Å². The van der Waals surface area contributed by atoms with Crippen molar-refractivity contribution in [3.05, 3.63) is 24.3 Å². The Balaban J connectivity index is 2.01. The predicted octanol–water partition coefficient (Wildman–Crippen LogP) is 1.76. The molecule has 1 saturated heterocycles. The van der Waals surface area contributed by atoms with Crippen LogP contribution in [0.25, 0.3) is 0 Å². The molecule has 2 rings (SSSR count). The van der Waals surface area contributed by atoms with Gasteiger partial charge in [0.2, 0.25) is 17.7 Å². The highest BCUT2D eigenvalue weighted by Crippen LogP contribution is 2.20. The van der Waals surface area contributed by atoms with Crippen molar-refractivity contribution in [3.63, 3.8) is 0 Å². The number of amides is 4. The molecule has 1 aliphatic heterocycles. The third-order valence-electron chi connectivity index (χ3n) is 3.92. The molecule has 1 unspecified atom stereocenters. The molecule has 25 heavy (non-hydrogen) atoms. The Kier molecular flexibility index (Phi) is 5.74. The van der Waals surface area contributed by atoms with E-state index >= 15 is 0 Å². The van der Waals surface area contributed by atoms with Crippen LogP contribution in [0.3, 0.4) is 0 Å². The van der Waals surface area contributed by atoms with E-state index in [9.17, 15) is 19.2 Å². The summed E-state index contributed by atoms with van der Waals surface area (Å²) in [4.78, 5) is 49.7. The number of nitrogens with one attached hydrogen (secondary N) is 1. The summed E-state index contributed by atoms with van der Waals surface area (Å²) in [6, 6.07) is 5.70. The quantitative estimate of drug-likeness (QED) is 0.819. The maximum absolute atomic E-state index is 12.3. The molecule has 1 heterocycles. The number of hydrogen-bond acceptors (Lipinski definition) is 5. The van der Waals surface area contributed by atoms with E-state index in [-0.39, 0.29) is 31.3 Å². The van der Waals surface area contributed by atoms with Crippen molar-refractivity contribution < 1.29 is 23.9 Å². The van der Waals surface area contributed by atoms with Crippen molar-refractivity contribution in [1.82, 2.24) is 4.90 Å². The lowest BCUT2D eigenvalue weighted by atomic mass is 10.2. The Morgan fingerprint density at radius 1 is 1.20 bits per heavy atom. The monoisotopic (exact) mass is 347 g/mol. The van der Waals surface area contributed by atoms with Crippen molar-refractivity contribution in [2.75, 3.05) is 23.9 Å². The number of hydrogen-bond donors (Lipinski definition) is 1. The fourth-order valence-electron chi connectivity index (χ4n) is 2.48. The summed E-state index contributed by atoms with van der Waals surface area (Å²) in [6.45, 7) is 3.52. The highest BCUT2D eigenvalue weighted by Gasteiger charge is 2.36. The van der Waals surface area contributed by atoms with Gasteiger partial charge in [-0.25, -0.2) is 4.79 Å². The number of rotatable bonds is 5. The zero-order chi connectivity index (χ0) is 18.6. The summed E-state index contributed by atoms with van der Waals surface area (Å²) in [7, 11) is 1.58. The van der Waals surface area contributed by atoms with Gasteiger partial charge in [-0.3, -0.25) is 24.2 Å². The number of ether oxygens (including phenoxy) is 1. The van der Waals surface area contributed by atoms with Gasteiger partial charge in [-0.2, -0.15) is 0 Å². The maximum atomic E-state index is 12.3. The van der Waals surface area contributed by atoms with E-state index in [2.05, 4.69) is 5.32 Å². The molecule has 1 aromatic rings. The van der Waals surface area contributed by atoms with Crippen LogP contribution in [0.1, 0.15) is 26.7 Å². The first-order valence-corrected chi connectivity index (χ1v) is 8.01. The van der Waals surface area contributed by atoms with E-state index in [1.807, 2.05) is 0 Å². The number of carbonyl (C=O) groups excluding carboxylic acids is 4. The molecule has 0 aliphatic carbocycles. The second kappa shape index (κ2) is 7.78. The molecular formula is C17H21N3O5. The third kappa shape index (κ3) is 4.14. The summed E-state index contributed by atoms with van der Waals surface area (Å²) in [5.41, 5.74) is 1.10. The van der Waals surface area contributed by atoms with Crippen LogP contribution >= 0.6 is 0 Å². The SMILES string of the molecule is CCOC(=O)N(C)c1ccc(NC(=O)C(C)N2C(=O)CCC2=O)cc1. The number of anilines is 2. The number of carbonyl (C=O) groups is 4. The van der Waals surface area contributed by atoms with Gasteiger partial charge in [-0.1, -0.05) is 0 Å². The van der Waals surface area contributed by atoms with Gasteiger partial charge in [0.1, 0.15) is 6.04 Å². The number of imide groups is 1. The molecule has 4 amide bonds. The van der Waals surface area contributed by atoms with Gasteiger partial charge in [0, 0.05) is 31.3 Å². The molecule has 1 fully saturated rings. The van der Waals surface area contributed by atoms with Gasteiger partial charge in [-0.05, 0) is 38.1 Å². The summed E-state index contributed by atoms with van der Waals surface area (Å²) < 4.78 is 4.91. The van der Waals surface area contributed by atoms with Crippen LogP contribution < -0.4 is 10.2 Å². The molecule has 0 aromatic heterocycles. The van der Waals surface area contributed by atoms with E-state index in [0.29, 0.717) is 11.4 Å². The molecule has 1 aromatic carbocycles. The molecule has 8 nitrogen and oxygen atoms in total. The van der Waals surface area contributed by atoms with Crippen molar-refractivity contribution in [2.45, 2.75) is 32.7 Å². The zero-order valence-electron chi connectivity index (χ0n) is 14.4. The zero-order valence-corrected chi connectivity index (χ0v) is 14.4. The van der Waals surface area contributed by atoms with Crippen LogP contribution in [0.15, 0.2) is 24.3 Å². The van der Waals surface area contributed by atoms with E-state index in [0.717, 1.165) is 4.90 Å². The smallest absolute Gasteiger partial charge is 0.413 e. The molecule has 0 saturated carbocycles. The van der Waals surface area contributed by atoms with Gasteiger partial charge < -0.3 is 10.1 Å². The summed E-state index contributed by atoms with van der Waals surface area (Å²) in [5.74, 6) is -1.12. The molecular weight excluding hydrogens is 326 g/mol. The van der Waals surface area contributed by atoms with Crippen molar-refractivity contribution >= 4 is 35.2 Å². The Labute approximate surface area is 145 Å². The molecule has 0 bridgehead atoms. The Bertz CT molecular complexity index is 670. The van der Waals surface area contributed by atoms with E-state index in [1.54, 1.807) is 38.2 Å². The second-order valence-electron chi connectivity index (χ2n) is 5.63.